The molecule has 2 aliphatic rings. The largest absolute Gasteiger partial charge is 0.489 e. The van der Waals surface area contributed by atoms with Gasteiger partial charge in [0.25, 0.3) is 0 Å². The molecule has 0 fully saturated rings. The van der Waals surface area contributed by atoms with E-state index in [1.165, 1.54) is 11.0 Å². The van der Waals surface area contributed by atoms with Crippen molar-refractivity contribution >= 4 is 46.8 Å². The fourth-order valence-corrected chi connectivity index (χ4v) is 7.90. The quantitative estimate of drug-likeness (QED) is 0.117. The third-order valence-electron chi connectivity index (χ3n) is 11.2. The lowest BCUT2D eigenvalue weighted by Gasteiger charge is -2.37. The average molecular weight is 894 g/mol. The van der Waals surface area contributed by atoms with Crippen molar-refractivity contribution in [3.63, 3.8) is 0 Å². The monoisotopic (exact) mass is 892 g/mol. The van der Waals surface area contributed by atoms with Crippen molar-refractivity contribution in [1.82, 2.24) is 15.2 Å². The van der Waals surface area contributed by atoms with Crippen molar-refractivity contribution in [3.8, 4) is 28.4 Å². The maximum absolute atomic E-state index is 14.2. The van der Waals surface area contributed by atoms with Crippen molar-refractivity contribution in [2.75, 3.05) is 11.9 Å². The number of amides is 3. The number of pyridine rings is 1. The van der Waals surface area contributed by atoms with Crippen LogP contribution in [0.4, 0.5) is 19.3 Å². The summed E-state index contributed by atoms with van der Waals surface area (Å²) in [6, 6.07) is 25.1. The molecule has 3 amide bonds. The summed E-state index contributed by atoms with van der Waals surface area (Å²) >= 11 is 12.2. The zero-order valence-corrected chi connectivity index (χ0v) is 35.5. The highest BCUT2D eigenvalue weighted by Gasteiger charge is 2.38. The number of fused-ring (bicyclic) bond motifs is 2. The molecule has 0 aliphatic carbocycles. The van der Waals surface area contributed by atoms with E-state index < -0.39 is 47.7 Å². The van der Waals surface area contributed by atoms with Crippen LogP contribution in [0.2, 0.25) is 10.0 Å². The molecule has 15 heteroatoms. The molecule has 8 rings (SSSR count). The molecule has 3 atom stereocenters. The Morgan fingerprint density at radius 1 is 0.873 bits per heavy atom. The number of benzene rings is 5. The van der Waals surface area contributed by atoms with Gasteiger partial charge in [-0.15, -0.1) is 0 Å². The molecule has 0 saturated carbocycles. The van der Waals surface area contributed by atoms with E-state index >= 15 is 0 Å². The Labute approximate surface area is 371 Å². The van der Waals surface area contributed by atoms with Gasteiger partial charge in [-0.2, -0.15) is 0 Å². The Balaban J connectivity index is 0.993. The number of carboxylic acid groups (broad SMARTS) is 1. The van der Waals surface area contributed by atoms with Gasteiger partial charge in [0.1, 0.15) is 31.0 Å². The second kappa shape index (κ2) is 18.3. The number of hydrogen-bond donors (Lipinski definition) is 3. The molecule has 5 aromatic carbocycles. The highest BCUT2D eigenvalue weighted by atomic mass is 35.5. The van der Waals surface area contributed by atoms with Gasteiger partial charge in [0.15, 0.2) is 29.2 Å². The van der Waals surface area contributed by atoms with E-state index in [-0.39, 0.29) is 38.3 Å². The third kappa shape index (κ3) is 9.69. The Morgan fingerprint density at radius 2 is 1.62 bits per heavy atom. The number of aromatic nitrogens is 1. The molecule has 0 spiro atoms. The van der Waals surface area contributed by atoms with Crippen LogP contribution in [0.15, 0.2) is 109 Å². The number of aryl methyl sites for hydroxylation is 1. The number of nitrogens with zero attached hydrogens (tertiary/aromatic N) is 2. The molecule has 3 heterocycles. The van der Waals surface area contributed by atoms with E-state index in [1.54, 1.807) is 30.5 Å². The Hall–Kier alpha value is -6.70. The van der Waals surface area contributed by atoms with Gasteiger partial charge in [-0.1, -0.05) is 65.7 Å². The van der Waals surface area contributed by atoms with Crippen LogP contribution in [-0.2, 0) is 35.6 Å². The van der Waals surface area contributed by atoms with Gasteiger partial charge in [-0.05, 0) is 113 Å². The topological polar surface area (TPSA) is 139 Å². The molecule has 0 saturated heterocycles. The number of carbonyl (C=O) groups is 3. The van der Waals surface area contributed by atoms with Gasteiger partial charge < -0.3 is 34.9 Å². The normalized spacial score (nSPS) is 15.8. The highest BCUT2D eigenvalue weighted by Crippen LogP contribution is 2.41. The maximum atomic E-state index is 14.2. The molecule has 63 heavy (non-hydrogen) atoms. The minimum Gasteiger partial charge on any atom is -0.489 e. The second-order valence-electron chi connectivity index (χ2n) is 15.4. The average Bonchev–Trinajstić information content (AvgIpc) is 3.27. The molecule has 6 aromatic rings. The molecule has 0 radical (unpaired) electrons. The predicted octanol–water partition coefficient (Wildman–Crippen LogP) is 9.81. The number of ether oxygens (including phenoxy) is 3. The Morgan fingerprint density at radius 3 is 2.35 bits per heavy atom. The third-order valence-corrected chi connectivity index (χ3v) is 11.9. The minimum absolute atomic E-state index is 0.0120. The number of rotatable bonds is 11. The van der Waals surface area contributed by atoms with Crippen molar-refractivity contribution in [1.29, 1.82) is 0 Å². The minimum atomic E-state index is -1.34. The number of aliphatic carboxylic acids is 1. The van der Waals surface area contributed by atoms with Gasteiger partial charge in [0.2, 0.25) is 5.91 Å². The van der Waals surface area contributed by atoms with Crippen LogP contribution >= 0.6 is 23.2 Å². The van der Waals surface area contributed by atoms with E-state index in [1.807, 2.05) is 74.5 Å². The Bertz CT molecular complexity index is 2720. The van der Waals surface area contributed by atoms with Crippen LogP contribution in [0.1, 0.15) is 45.2 Å². The number of urea groups is 1. The van der Waals surface area contributed by atoms with Crippen LogP contribution < -0.4 is 24.8 Å². The molecule has 0 bridgehead atoms. The first-order valence-corrected chi connectivity index (χ1v) is 20.7. The van der Waals surface area contributed by atoms with Gasteiger partial charge in [-0.3, -0.25) is 9.78 Å². The van der Waals surface area contributed by atoms with Gasteiger partial charge >= 0.3 is 12.0 Å². The molecule has 11 nitrogen and oxygen atoms in total. The smallest absolute Gasteiger partial charge is 0.326 e. The van der Waals surface area contributed by atoms with E-state index in [0.29, 0.717) is 44.0 Å². The SMILES string of the molecule is Cc1nccc(-c2ccc(CC(NC(=O)C3Cc4cc5c(cc4CN3C(=O)Nc3ccc(F)c(F)c3)OC(c3ccc(OCc4ccc(Cl)c(Cl)c4)cc3)CO5)C(=O)O)cc2)c1C. The summed E-state index contributed by atoms with van der Waals surface area (Å²) in [5, 5.41) is 16.4. The predicted molar refractivity (Wildman–Crippen MR) is 233 cm³/mol. The first-order chi connectivity index (χ1) is 30.3. The molecule has 3 N–H and O–H groups in total. The molecule has 3 unspecified atom stereocenters. The second-order valence-corrected chi connectivity index (χ2v) is 16.2. The van der Waals surface area contributed by atoms with Crippen LogP contribution in [0, 0.1) is 25.5 Å². The summed E-state index contributed by atoms with van der Waals surface area (Å²) in [6.07, 6.45) is 1.21. The lowest BCUT2D eigenvalue weighted by molar-refractivity contribution is -0.142. The fraction of sp³-hybridized carbons (Fsp3) is 0.208. The van der Waals surface area contributed by atoms with Crippen molar-refractivity contribution in [2.24, 2.45) is 0 Å². The first-order valence-electron chi connectivity index (χ1n) is 20.0. The van der Waals surface area contributed by atoms with Crippen molar-refractivity contribution < 1.29 is 42.5 Å². The summed E-state index contributed by atoms with van der Waals surface area (Å²) in [7, 11) is 0. The number of carbonyl (C=O) groups excluding carboxylic acids is 2. The first kappa shape index (κ1) is 43.0. The van der Waals surface area contributed by atoms with Crippen LogP contribution in [0.25, 0.3) is 11.1 Å². The van der Waals surface area contributed by atoms with Crippen molar-refractivity contribution in [2.45, 2.75) is 58.0 Å². The van der Waals surface area contributed by atoms with Crippen LogP contribution in [0.5, 0.6) is 17.2 Å². The summed E-state index contributed by atoms with van der Waals surface area (Å²) < 4.78 is 46.4. The molecular weight excluding hydrogens is 853 g/mol. The highest BCUT2D eigenvalue weighted by molar-refractivity contribution is 6.42. The van der Waals surface area contributed by atoms with Gasteiger partial charge in [-0.25, -0.2) is 18.4 Å². The van der Waals surface area contributed by atoms with E-state index in [0.717, 1.165) is 45.6 Å². The molecule has 1 aromatic heterocycles. The van der Waals surface area contributed by atoms with Crippen molar-refractivity contribution in [3.05, 3.63) is 170 Å². The summed E-state index contributed by atoms with van der Waals surface area (Å²) in [6.45, 7) is 4.28. The number of anilines is 1. The Kier molecular flexibility index (Phi) is 12.5. The molecular formula is C48H40Cl2F2N4O7. The number of carboxylic acids is 1. The number of hydrogen-bond acceptors (Lipinski definition) is 7. The van der Waals surface area contributed by atoms with E-state index in [4.69, 9.17) is 37.4 Å². The van der Waals surface area contributed by atoms with E-state index in [2.05, 4.69) is 15.6 Å². The number of nitrogens with one attached hydrogen (secondary N) is 2. The molecule has 322 valence electrons. The molecule has 2 aliphatic heterocycles. The lowest BCUT2D eigenvalue weighted by Crippen LogP contribution is -2.56. The fourth-order valence-electron chi connectivity index (χ4n) is 7.58. The summed E-state index contributed by atoms with van der Waals surface area (Å²) in [5.41, 5.74) is 7.51. The zero-order valence-electron chi connectivity index (χ0n) is 34.0. The van der Waals surface area contributed by atoms with Gasteiger partial charge in [0.05, 0.1) is 10.0 Å². The lowest BCUT2D eigenvalue weighted by atomic mass is 9.92. The van der Waals surface area contributed by atoms with Crippen LogP contribution in [-0.4, -0.2) is 51.6 Å². The zero-order chi connectivity index (χ0) is 44.4. The van der Waals surface area contributed by atoms with Gasteiger partial charge in [0, 0.05) is 43.0 Å². The summed E-state index contributed by atoms with van der Waals surface area (Å²) in [4.78, 5) is 46.2. The van der Waals surface area contributed by atoms with E-state index in [9.17, 15) is 28.3 Å². The maximum Gasteiger partial charge on any atom is 0.326 e. The van der Waals surface area contributed by atoms with Crippen LogP contribution in [0.3, 0.4) is 0 Å². The summed E-state index contributed by atoms with van der Waals surface area (Å²) in [5.74, 6) is -2.75. The number of halogens is 4. The standard InChI is InChI=1S/C48H40Cl2F2N4O7/c1-26-27(2)53-16-15-36(26)30-6-3-28(4-7-30)18-41(47(58)59)55-46(57)42-19-32-20-43-44(21-33(32)23-56(42)48(60)54-34-10-14-39(51)40(52)22-34)63-45(25-62-43)31-8-11-35(12-9-31)61-24-29-5-13-37(49)38(50)17-29/h3-17,20-22,41-42,45H,18-19,23-25H2,1-2H3,(H,54,60)(H,55,57)(H,58,59).